The van der Waals surface area contributed by atoms with Crippen molar-refractivity contribution in [3.05, 3.63) is 18.2 Å². The molecule has 90 valence electrons. The van der Waals surface area contributed by atoms with E-state index in [1.165, 1.54) is 0 Å². The lowest BCUT2D eigenvalue weighted by atomic mass is 10.2. The second-order valence-corrected chi connectivity index (χ2v) is 3.94. The van der Waals surface area contributed by atoms with Gasteiger partial charge < -0.3 is 14.6 Å². The summed E-state index contributed by atoms with van der Waals surface area (Å²) in [4.78, 5) is 4.34. The minimum Gasteiger partial charge on any atom is -0.378 e. The van der Waals surface area contributed by atoms with Crippen LogP contribution in [0, 0.1) is 0 Å². The largest absolute Gasteiger partial charge is 0.378 e. The van der Waals surface area contributed by atoms with Crippen molar-refractivity contribution >= 4 is 0 Å². The molecule has 1 saturated heterocycles. The van der Waals surface area contributed by atoms with Crippen LogP contribution in [0.2, 0.25) is 0 Å². The molecule has 0 unspecified atom stereocenters. The molecular formula is C10H13N5O2. The predicted molar refractivity (Wildman–Crippen MR) is 58.1 cm³/mol. The van der Waals surface area contributed by atoms with Crippen LogP contribution in [-0.4, -0.2) is 39.7 Å². The summed E-state index contributed by atoms with van der Waals surface area (Å²) < 4.78 is 12.3. The molecule has 17 heavy (non-hydrogen) atoms. The summed E-state index contributed by atoms with van der Waals surface area (Å²) in [7, 11) is 1.84. The molecule has 7 heteroatoms. The van der Waals surface area contributed by atoms with E-state index in [4.69, 9.17) is 9.26 Å². The monoisotopic (exact) mass is 235 g/mol. The SMILES string of the molecule is Cn1cc(-c2nc([C@@H]3COCCN3)no2)cn1. The number of nitrogens with one attached hydrogen (secondary N) is 1. The van der Waals surface area contributed by atoms with E-state index in [0.717, 1.165) is 18.7 Å². The van der Waals surface area contributed by atoms with E-state index < -0.39 is 0 Å². The average Bonchev–Trinajstić information content (AvgIpc) is 2.98. The molecule has 3 rings (SSSR count). The second-order valence-electron chi connectivity index (χ2n) is 3.94. The van der Waals surface area contributed by atoms with Gasteiger partial charge in [-0.05, 0) is 0 Å². The number of hydrogen-bond acceptors (Lipinski definition) is 6. The molecule has 0 aliphatic carbocycles. The summed E-state index contributed by atoms with van der Waals surface area (Å²) in [5, 5.41) is 11.3. The Morgan fingerprint density at radius 1 is 1.53 bits per heavy atom. The summed E-state index contributed by atoms with van der Waals surface area (Å²) in [6, 6.07) is 0.0120. The Labute approximate surface area is 97.8 Å². The quantitative estimate of drug-likeness (QED) is 0.797. The van der Waals surface area contributed by atoms with Crippen LogP contribution in [0.4, 0.5) is 0 Å². The molecule has 0 bridgehead atoms. The van der Waals surface area contributed by atoms with Gasteiger partial charge in [0.05, 0.1) is 31.0 Å². The maximum absolute atomic E-state index is 5.35. The highest BCUT2D eigenvalue weighted by Gasteiger charge is 2.21. The maximum atomic E-state index is 5.35. The summed E-state index contributed by atoms with van der Waals surface area (Å²) in [5.41, 5.74) is 0.822. The molecule has 0 amide bonds. The van der Waals surface area contributed by atoms with E-state index in [1.807, 2.05) is 13.2 Å². The molecule has 0 saturated carbocycles. The molecule has 2 aromatic rings. The Kier molecular flexibility index (Phi) is 2.62. The fourth-order valence-electron chi connectivity index (χ4n) is 1.76. The number of aryl methyl sites for hydroxylation is 1. The van der Waals surface area contributed by atoms with E-state index in [0.29, 0.717) is 18.3 Å². The third-order valence-electron chi connectivity index (χ3n) is 2.63. The second kappa shape index (κ2) is 4.27. The Bertz CT molecular complexity index is 500. The third kappa shape index (κ3) is 2.06. The molecular weight excluding hydrogens is 222 g/mol. The minimum absolute atomic E-state index is 0.0120. The molecule has 1 N–H and O–H groups in total. The summed E-state index contributed by atoms with van der Waals surface area (Å²) in [5.74, 6) is 1.11. The van der Waals surface area contributed by atoms with Crippen molar-refractivity contribution in [1.82, 2.24) is 25.2 Å². The van der Waals surface area contributed by atoms with Crippen molar-refractivity contribution in [2.75, 3.05) is 19.8 Å². The molecule has 0 aromatic carbocycles. The Hall–Kier alpha value is -1.73. The van der Waals surface area contributed by atoms with Gasteiger partial charge in [-0.3, -0.25) is 4.68 Å². The number of hydrogen-bond donors (Lipinski definition) is 1. The zero-order valence-electron chi connectivity index (χ0n) is 9.46. The van der Waals surface area contributed by atoms with Crippen LogP contribution in [0.3, 0.4) is 0 Å². The van der Waals surface area contributed by atoms with E-state index in [9.17, 15) is 0 Å². The number of nitrogens with zero attached hydrogens (tertiary/aromatic N) is 4. The van der Waals surface area contributed by atoms with Gasteiger partial charge in [0, 0.05) is 19.8 Å². The summed E-state index contributed by atoms with van der Waals surface area (Å²) in [6.45, 7) is 2.11. The average molecular weight is 235 g/mol. The highest BCUT2D eigenvalue weighted by molar-refractivity contribution is 5.49. The van der Waals surface area contributed by atoms with Crippen LogP contribution >= 0.6 is 0 Å². The summed E-state index contributed by atoms with van der Waals surface area (Å²) >= 11 is 0. The van der Waals surface area contributed by atoms with Gasteiger partial charge in [0.2, 0.25) is 0 Å². The standard InChI is InChI=1S/C10H13N5O2/c1-15-5-7(4-12-15)10-13-9(14-17-10)8-6-16-3-2-11-8/h4-5,8,11H,2-3,6H2,1H3/t8-/m0/s1. The lowest BCUT2D eigenvalue weighted by molar-refractivity contribution is 0.0734. The fraction of sp³-hybridized carbons (Fsp3) is 0.500. The van der Waals surface area contributed by atoms with Gasteiger partial charge in [0.25, 0.3) is 5.89 Å². The van der Waals surface area contributed by atoms with E-state index in [-0.39, 0.29) is 6.04 Å². The van der Waals surface area contributed by atoms with Gasteiger partial charge in [-0.2, -0.15) is 10.1 Å². The molecule has 0 spiro atoms. The molecule has 1 aliphatic rings. The topological polar surface area (TPSA) is 78.0 Å². The fourth-order valence-corrected chi connectivity index (χ4v) is 1.76. The van der Waals surface area contributed by atoms with Crippen LogP contribution in [0.5, 0.6) is 0 Å². The first-order valence-electron chi connectivity index (χ1n) is 5.46. The van der Waals surface area contributed by atoms with Gasteiger partial charge in [-0.25, -0.2) is 0 Å². The Morgan fingerprint density at radius 2 is 2.47 bits per heavy atom. The first-order chi connectivity index (χ1) is 8.33. The molecule has 1 aliphatic heterocycles. The number of morpholine rings is 1. The highest BCUT2D eigenvalue weighted by atomic mass is 16.5. The van der Waals surface area contributed by atoms with Crippen molar-refractivity contribution in [3.63, 3.8) is 0 Å². The zero-order chi connectivity index (χ0) is 11.7. The van der Waals surface area contributed by atoms with Crippen LogP contribution in [0.25, 0.3) is 11.5 Å². The lowest BCUT2D eigenvalue weighted by Crippen LogP contribution is -2.35. The third-order valence-corrected chi connectivity index (χ3v) is 2.63. The van der Waals surface area contributed by atoms with Crippen molar-refractivity contribution in [1.29, 1.82) is 0 Å². The Morgan fingerprint density at radius 3 is 3.18 bits per heavy atom. The first-order valence-corrected chi connectivity index (χ1v) is 5.46. The van der Waals surface area contributed by atoms with Crippen molar-refractivity contribution < 1.29 is 9.26 Å². The molecule has 1 fully saturated rings. The van der Waals surface area contributed by atoms with Crippen LogP contribution in [0.1, 0.15) is 11.9 Å². The van der Waals surface area contributed by atoms with Crippen LogP contribution in [0.15, 0.2) is 16.9 Å². The van der Waals surface area contributed by atoms with Gasteiger partial charge >= 0.3 is 0 Å². The number of aromatic nitrogens is 4. The minimum atomic E-state index is 0.0120. The molecule has 3 heterocycles. The first kappa shape index (κ1) is 10.4. The summed E-state index contributed by atoms with van der Waals surface area (Å²) in [6.07, 6.45) is 3.53. The smallest absolute Gasteiger partial charge is 0.261 e. The van der Waals surface area contributed by atoms with Crippen molar-refractivity contribution in [3.8, 4) is 11.5 Å². The van der Waals surface area contributed by atoms with Gasteiger partial charge in [0.15, 0.2) is 5.82 Å². The highest BCUT2D eigenvalue weighted by Crippen LogP contribution is 2.19. The van der Waals surface area contributed by atoms with E-state index >= 15 is 0 Å². The van der Waals surface area contributed by atoms with Crippen molar-refractivity contribution in [2.24, 2.45) is 7.05 Å². The normalized spacial score (nSPS) is 20.6. The van der Waals surface area contributed by atoms with Gasteiger partial charge in [-0.1, -0.05) is 5.16 Å². The van der Waals surface area contributed by atoms with Crippen LogP contribution in [-0.2, 0) is 11.8 Å². The van der Waals surface area contributed by atoms with E-state index in [1.54, 1.807) is 10.9 Å². The molecule has 2 aromatic heterocycles. The van der Waals surface area contributed by atoms with Crippen LogP contribution < -0.4 is 5.32 Å². The lowest BCUT2D eigenvalue weighted by Gasteiger charge is -2.20. The molecule has 7 nitrogen and oxygen atoms in total. The number of ether oxygens (including phenoxy) is 1. The van der Waals surface area contributed by atoms with Gasteiger partial charge in [0.1, 0.15) is 0 Å². The number of rotatable bonds is 2. The van der Waals surface area contributed by atoms with E-state index in [2.05, 4.69) is 20.6 Å². The predicted octanol–water partition coefficient (Wildman–Crippen LogP) is 0.131. The van der Waals surface area contributed by atoms with Crippen molar-refractivity contribution in [2.45, 2.75) is 6.04 Å². The Balaban J connectivity index is 1.82. The van der Waals surface area contributed by atoms with Gasteiger partial charge in [-0.15, -0.1) is 0 Å². The molecule has 1 atom stereocenters. The zero-order valence-corrected chi connectivity index (χ0v) is 9.46. The maximum Gasteiger partial charge on any atom is 0.261 e. The molecule has 0 radical (unpaired) electrons.